The molecule has 0 bridgehead atoms. The monoisotopic (exact) mass is 410 g/mol. The fourth-order valence-corrected chi connectivity index (χ4v) is 3.80. The Bertz CT molecular complexity index is 879. The molecular weight excluding hydrogens is 380 g/mol. The highest BCUT2D eigenvalue weighted by Crippen LogP contribution is 2.34. The van der Waals surface area contributed by atoms with E-state index in [4.69, 9.17) is 9.47 Å². The van der Waals surface area contributed by atoms with E-state index in [1.165, 1.54) is 0 Å². The van der Waals surface area contributed by atoms with Crippen LogP contribution in [0.4, 0.5) is 0 Å². The molecule has 6 nitrogen and oxygen atoms in total. The lowest BCUT2D eigenvalue weighted by atomic mass is 9.88. The number of likely N-dealkylation sites (tertiary alicyclic amines) is 1. The van der Waals surface area contributed by atoms with Gasteiger partial charge in [-0.1, -0.05) is 32.0 Å². The first-order valence-electron chi connectivity index (χ1n) is 10.3. The number of carbonyl (C=O) groups is 2. The van der Waals surface area contributed by atoms with Crippen molar-refractivity contribution in [3.8, 4) is 11.5 Å². The highest BCUT2D eigenvalue weighted by molar-refractivity contribution is 5.95. The van der Waals surface area contributed by atoms with Crippen LogP contribution in [0, 0.1) is 11.8 Å². The van der Waals surface area contributed by atoms with Crippen LogP contribution < -0.4 is 14.8 Å². The van der Waals surface area contributed by atoms with Crippen LogP contribution in [-0.2, 0) is 4.79 Å². The van der Waals surface area contributed by atoms with E-state index in [1.54, 1.807) is 37.3 Å². The fourth-order valence-electron chi connectivity index (χ4n) is 3.80. The lowest BCUT2D eigenvalue weighted by Gasteiger charge is -2.19. The molecule has 0 unspecified atom stereocenters. The SMILES string of the molecule is COc1ccc([C@@H]2CN(C(=O)c3cccc(OC)c3)C[C@H]2C(=O)NCC(C)C)cc1. The topological polar surface area (TPSA) is 67.9 Å². The van der Waals surface area contributed by atoms with E-state index >= 15 is 0 Å². The number of carbonyl (C=O) groups excluding carboxylic acids is 2. The van der Waals surface area contributed by atoms with Gasteiger partial charge in [-0.2, -0.15) is 0 Å². The first-order chi connectivity index (χ1) is 14.4. The van der Waals surface area contributed by atoms with Crippen molar-refractivity contribution in [2.24, 2.45) is 11.8 Å². The predicted molar refractivity (Wildman–Crippen MR) is 116 cm³/mol. The van der Waals surface area contributed by atoms with Gasteiger partial charge in [0.15, 0.2) is 0 Å². The third kappa shape index (κ3) is 4.93. The number of hydrogen-bond acceptors (Lipinski definition) is 4. The van der Waals surface area contributed by atoms with Gasteiger partial charge in [0.05, 0.1) is 20.1 Å². The van der Waals surface area contributed by atoms with Crippen molar-refractivity contribution >= 4 is 11.8 Å². The molecule has 30 heavy (non-hydrogen) atoms. The second-order valence-corrected chi connectivity index (χ2v) is 8.07. The number of nitrogens with one attached hydrogen (secondary N) is 1. The standard InChI is InChI=1S/C24H30N2O4/c1-16(2)13-25-23(27)22-15-26(24(28)18-6-5-7-20(12-18)30-4)14-21(22)17-8-10-19(29-3)11-9-17/h5-12,16,21-22H,13-15H2,1-4H3,(H,25,27)/t21-,22+/m0/s1. The third-order valence-corrected chi connectivity index (χ3v) is 5.49. The van der Waals surface area contributed by atoms with E-state index in [-0.39, 0.29) is 23.7 Å². The van der Waals surface area contributed by atoms with Gasteiger partial charge in [0, 0.05) is 31.1 Å². The maximum atomic E-state index is 13.1. The van der Waals surface area contributed by atoms with Gasteiger partial charge in [-0.15, -0.1) is 0 Å². The normalized spacial score (nSPS) is 18.4. The van der Waals surface area contributed by atoms with E-state index in [1.807, 2.05) is 30.3 Å². The molecule has 0 aromatic heterocycles. The van der Waals surface area contributed by atoms with Crippen LogP contribution in [-0.4, -0.2) is 50.6 Å². The minimum Gasteiger partial charge on any atom is -0.497 e. The molecule has 2 aromatic carbocycles. The van der Waals surface area contributed by atoms with Gasteiger partial charge in [0.1, 0.15) is 11.5 Å². The number of benzene rings is 2. The molecule has 160 valence electrons. The van der Waals surface area contributed by atoms with Gasteiger partial charge in [0.2, 0.25) is 5.91 Å². The summed E-state index contributed by atoms with van der Waals surface area (Å²) in [6.07, 6.45) is 0. The summed E-state index contributed by atoms with van der Waals surface area (Å²) >= 11 is 0. The first kappa shape index (κ1) is 21.7. The van der Waals surface area contributed by atoms with E-state index in [2.05, 4.69) is 19.2 Å². The molecule has 2 aromatic rings. The Morgan fingerprint density at radius 3 is 2.37 bits per heavy atom. The lowest BCUT2D eigenvalue weighted by Crippen LogP contribution is -2.37. The Morgan fingerprint density at radius 2 is 1.73 bits per heavy atom. The average molecular weight is 411 g/mol. The molecule has 0 saturated carbocycles. The van der Waals surface area contributed by atoms with E-state index in [9.17, 15) is 9.59 Å². The van der Waals surface area contributed by atoms with Crippen LogP contribution >= 0.6 is 0 Å². The zero-order valence-corrected chi connectivity index (χ0v) is 18.1. The smallest absolute Gasteiger partial charge is 0.254 e. The Morgan fingerprint density at radius 1 is 1.03 bits per heavy atom. The van der Waals surface area contributed by atoms with Crippen molar-refractivity contribution in [2.45, 2.75) is 19.8 Å². The summed E-state index contributed by atoms with van der Waals surface area (Å²) in [5.74, 6) is 1.30. The van der Waals surface area contributed by atoms with Gasteiger partial charge < -0.3 is 19.7 Å². The minimum absolute atomic E-state index is 0.00883. The molecule has 1 aliphatic heterocycles. The molecule has 2 atom stereocenters. The van der Waals surface area contributed by atoms with Crippen molar-refractivity contribution in [3.05, 3.63) is 59.7 Å². The Labute approximate surface area is 178 Å². The second kappa shape index (κ2) is 9.65. The van der Waals surface area contributed by atoms with Crippen molar-refractivity contribution < 1.29 is 19.1 Å². The highest BCUT2D eigenvalue weighted by atomic mass is 16.5. The molecule has 0 radical (unpaired) electrons. The second-order valence-electron chi connectivity index (χ2n) is 8.07. The van der Waals surface area contributed by atoms with Crippen LogP contribution in [0.5, 0.6) is 11.5 Å². The van der Waals surface area contributed by atoms with Gasteiger partial charge in [0.25, 0.3) is 5.91 Å². The number of rotatable bonds is 7. The number of hydrogen-bond donors (Lipinski definition) is 1. The molecule has 0 spiro atoms. The largest absolute Gasteiger partial charge is 0.497 e. The molecule has 0 aliphatic carbocycles. The molecule has 6 heteroatoms. The van der Waals surface area contributed by atoms with Gasteiger partial charge >= 0.3 is 0 Å². The lowest BCUT2D eigenvalue weighted by molar-refractivity contribution is -0.125. The minimum atomic E-state index is -0.299. The molecule has 2 amide bonds. The summed E-state index contributed by atoms with van der Waals surface area (Å²) in [5, 5.41) is 3.04. The van der Waals surface area contributed by atoms with E-state index in [0.29, 0.717) is 36.9 Å². The average Bonchev–Trinajstić information content (AvgIpc) is 3.22. The zero-order valence-electron chi connectivity index (χ0n) is 18.1. The predicted octanol–water partition coefficient (Wildman–Crippen LogP) is 3.33. The molecule has 1 fully saturated rings. The van der Waals surface area contributed by atoms with E-state index in [0.717, 1.165) is 11.3 Å². The number of ether oxygens (including phenoxy) is 2. The maximum Gasteiger partial charge on any atom is 0.254 e. The van der Waals surface area contributed by atoms with Crippen LogP contribution in [0.2, 0.25) is 0 Å². The summed E-state index contributed by atoms with van der Waals surface area (Å²) in [6.45, 7) is 5.62. The summed E-state index contributed by atoms with van der Waals surface area (Å²) in [4.78, 5) is 27.9. The summed E-state index contributed by atoms with van der Waals surface area (Å²) < 4.78 is 10.5. The van der Waals surface area contributed by atoms with Crippen molar-refractivity contribution in [1.82, 2.24) is 10.2 Å². The number of nitrogens with zero attached hydrogens (tertiary/aromatic N) is 1. The molecule has 1 saturated heterocycles. The number of methoxy groups -OCH3 is 2. The Kier molecular flexibility index (Phi) is 6.98. The summed E-state index contributed by atoms with van der Waals surface area (Å²) in [6, 6.07) is 14.9. The summed E-state index contributed by atoms with van der Waals surface area (Å²) in [7, 11) is 3.20. The van der Waals surface area contributed by atoms with Gasteiger partial charge in [-0.3, -0.25) is 9.59 Å². The van der Waals surface area contributed by atoms with Crippen molar-refractivity contribution in [2.75, 3.05) is 33.9 Å². The fraction of sp³-hybridized carbons (Fsp3) is 0.417. The molecule has 1 N–H and O–H groups in total. The van der Waals surface area contributed by atoms with Crippen molar-refractivity contribution in [3.63, 3.8) is 0 Å². The van der Waals surface area contributed by atoms with Crippen LogP contribution in [0.3, 0.4) is 0 Å². The van der Waals surface area contributed by atoms with Crippen LogP contribution in [0.1, 0.15) is 35.7 Å². The highest BCUT2D eigenvalue weighted by Gasteiger charge is 2.40. The first-order valence-corrected chi connectivity index (χ1v) is 10.3. The number of amides is 2. The Balaban J connectivity index is 1.84. The van der Waals surface area contributed by atoms with Gasteiger partial charge in [-0.25, -0.2) is 0 Å². The quantitative estimate of drug-likeness (QED) is 0.760. The molecule has 3 rings (SSSR count). The summed E-state index contributed by atoms with van der Waals surface area (Å²) in [5.41, 5.74) is 1.59. The zero-order chi connectivity index (χ0) is 21.7. The Hall–Kier alpha value is -3.02. The van der Waals surface area contributed by atoms with Crippen molar-refractivity contribution in [1.29, 1.82) is 0 Å². The molecule has 1 aliphatic rings. The van der Waals surface area contributed by atoms with Gasteiger partial charge in [-0.05, 0) is 41.8 Å². The van der Waals surface area contributed by atoms with E-state index < -0.39 is 0 Å². The maximum absolute atomic E-state index is 13.1. The van der Waals surface area contributed by atoms with Crippen LogP contribution in [0.15, 0.2) is 48.5 Å². The van der Waals surface area contributed by atoms with Crippen LogP contribution in [0.25, 0.3) is 0 Å². The molecular formula is C24H30N2O4. The third-order valence-electron chi connectivity index (χ3n) is 5.49. The molecule has 1 heterocycles.